The molecule has 264 valence electrons. The Morgan fingerprint density at radius 3 is 1.98 bits per heavy atom. The molecule has 49 heavy (non-hydrogen) atoms. The standard InChI is InChI=1S/C40H51NO6S2/c1-8-39(5,46-37(43)25-10-14-28(42)15-11-25)30-18-19-31(40(6,9-2)47-38(44)26-12-16-29(45-7)17-13-26)35-33(30)41-36(49-35)32-22-27-21-23(3)20-24(4)34(27)48-32/h18-22,25-26,28-29,42H,8-17H2,1-7H3. The Morgan fingerprint density at radius 1 is 0.816 bits per heavy atom. The van der Waals surface area contributed by atoms with Crippen LogP contribution in [0.5, 0.6) is 0 Å². The number of rotatable bonds is 10. The maximum Gasteiger partial charge on any atom is 0.309 e. The van der Waals surface area contributed by atoms with Crippen molar-refractivity contribution in [1.82, 2.24) is 4.98 Å². The highest BCUT2D eigenvalue weighted by molar-refractivity contribution is 7.28. The molecule has 0 bridgehead atoms. The average Bonchev–Trinajstić information content (AvgIpc) is 3.73. The molecule has 0 saturated heterocycles. The van der Waals surface area contributed by atoms with Crippen molar-refractivity contribution in [2.45, 2.75) is 129 Å². The van der Waals surface area contributed by atoms with Crippen molar-refractivity contribution in [3.63, 3.8) is 0 Å². The van der Waals surface area contributed by atoms with E-state index in [9.17, 15) is 14.7 Å². The zero-order valence-corrected chi connectivity index (χ0v) is 31.7. The van der Waals surface area contributed by atoms with Gasteiger partial charge in [0.15, 0.2) is 0 Å². The summed E-state index contributed by atoms with van der Waals surface area (Å²) in [6, 6.07) is 10.8. The van der Waals surface area contributed by atoms with Crippen LogP contribution in [0.4, 0.5) is 0 Å². The van der Waals surface area contributed by atoms with Crippen LogP contribution in [-0.4, -0.2) is 41.3 Å². The van der Waals surface area contributed by atoms with E-state index >= 15 is 0 Å². The SMILES string of the molecule is CCC(C)(OC(=O)C1CCC(O)CC1)c1ccc(C(C)(CC)OC(=O)C2CCC(OC)CC2)c2sc(-c3cc4cc(C)cc(C)c4s3)nc12. The second-order valence-electron chi connectivity index (χ2n) is 14.7. The van der Waals surface area contributed by atoms with Gasteiger partial charge in [0.2, 0.25) is 0 Å². The summed E-state index contributed by atoms with van der Waals surface area (Å²) in [7, 11) is 1.74. The molecule has 2 atom stereocenters. The number of hydrogen-bond donors (Lipinski definition) is 1. The largest absolute Gasteiger partial charge is 0.454 e. The monoisotopic (exact) mass is 705 g/mol. The van der Waals surface area contributed by atoms with Crippen molar-refractivity contribution in [2.24, 2.45) is 11.8 Å². The van der Waals surface area contributed by atoms with Crippen LogP contribution < -0.4 is 0 Å². The zero-order chi connectivity index (χ0) is 35.1. The molecule has 0 spiro atoms. The molecule has 7 nitrogen and oxygen atoms in total. The number of aliphatic hydroxyl groups is 1. The average molecular weight is 706 g/mol. The highest BCUT2D eigenvalue weighted by atomic mass is 32.1. The van der Waals surface area contributed by atoms with Crippen molar-refractivity contribution in [2.75, 3.05) is 7.11 Å². The Morgan fingerprint density at radius 2 is 1.39 bits per heavy atom. The lowest BCUT2D eigenvalue weighted by Crippen LogP contribution is -2.35. The number of nitrogens with zero attached hydrogens (tertiary/aromatic N) is 1. The quantitative estimate of drug-likeness (QED) is 0.164. The van der Waals surface area contributed by atoms with Gasteiger partial charge in [-0.2, -0.15) is 0 Å². The van der Waals surface area contributed by atoms with Gasteiger partial charge in [-0.1, -0.05) is 43.7 Å². The first-order valence-corrected chi connectivity index (χ1v) is 19.6. The Kier molecular flexibility index (Phi) is 10.6. The fourth-order valence-electron chi connectivity index (χ4n) is 7.67. The number of carbonyl (C=O) groups excluding carboxylic acids is 2. The number of carbonyl (C=O) groups is 2. The van der Waals surface area contributed by atoms with Crippen molar-refractivity contribution in [3.8, 4) is 9.88 Å². The highest BCUT2D eigenvalue weighted by Crippen LogP contribution is 2.47. The number of ether oxygens (including phenoxy) is 3. The van der Waals surface area contributed by atoms with E-state index in [1.807, 2.05) is 26.8 Å². The van der Waals surface area contributed by atoms with Gasteiger partial charge in [-0.15, -0.1) is 22.7 Å². The smallest absolute Gasteiger partial charge is 0.309 e. The van der Waals surface area contributed by atoms with E-state index in [1.54, 1.807) is 29.8 Å². The van der Waals surface area contributed by atoms with E-state index in [2.05, 4.69) is 45.0 Å². The molecule has 2 unspecified atom stereocenters. The minimum Gasteiger partial charge on any atom is -0.454 e. The summed E-state index contributed by atoms with van der Waals surface area (Å²) < 4.78 is 20.6. The van der Waals surface area contributed by atoms with Crippen LogP contribution in [0.25, 0.3) is 30.2 Å². The van der Waals surface area contributed by atoms with Gasteiger partial charge in [0, 0.05) is 22.9 Å². The van der Waals surface area contributed by atoms with Gasteiger partial charge in [-0.25, -0.2) is 4.98 Å². The minimum absolute atomic E-state index is 0.141. The van der Waals surface area contributed by atoms with Crippen LogP contribution in [0.2, 0.25) is 0 Å². The van der Waals surface area contributed by atoms with E-state index in [1.165, 1.54) is 21.2 Å². The van der Waals surface area contributed by atoms with Gasteiger partial charge in [0.25, 0.3) is 0 Å². The normalized spacial score (nSPS) is 24.0. The van der Waals surface area contributed by atoms with Gasteiger partial charge in [-0.3, -0.25) is 9.59 Å². The molecular weight excluding hydrogens is 655 g/mol. The van der Waals surface area contributed by atoms with Crippen LogP contribution in [0.15, 0.2) is 30.3 Å². The second kappa shape index (κ2) is 14.4. The summed E-state index contributed by atoms with van der Waals surface area (Å²) >= 11 is 3.37. The fraction of sp³-hybridized carbons (Fsp3) is 0.575. The number of benzene rings is 2. The summed E-state index contributed by atoms with van der Waals surface area (Å²) in [5.74, 6) is -0.726. The number of aryl methyl sites for hydroxylation is 2. The Balaban J connectivity index is 1.43. The number of thiophene rings is 1. The van der Waals surface area contributed by atoms with Gasteiger partial charge in [0.1, 0.15) is 16.2 Å². The van der Waals surface area contributed by atoms with Gasteiger partial charge >= 0.3 is 11.9 Å². The lowest BCUT2D eigenvalue weighted by atomic mass is 9.85. The molecule has 4 aromatic rings. The molecule has 2 saturated carbocycles. The van der Waals surface area contributed by atoms with Gasteiger partial charge < -0.3 is 19.3 Å². The van der Waals surface area contributed by atoms with Gasteiger partial charge in [-0.05, 0) is 109 Å². The first kappa shape index (κ1) is 36.0. The predicted molar refractivity (Wildman–Crippen MR) is 198 cm³/mol. The molecule has 2 aromatic carbocycles. The third-order valence-corrected chi connectivity index (χ3v) is 13.8. The maximum absolute atomic E-state index is 13.7. The lowest BCUT2D eigenvalue weighted by molar-refractivity contribution is -0.168. The minimum atomic E-state index is -0.914. The van der Waals surface area contributed by atoms with E-state index in [0.717, 1.165) is 56.9 Å². The van der Waals surface area contributed by atoms with E-state index in [0.29, 0.717) is 38.5 Å². The number of aliphatic hydroxyl groups excluding tert-OH is 1. The lowest BCUT2D eigenvalue weighted by Gasteiger charge is -2.35. The molecule has 2 fully saturated rings. The van der Waals surface area contributed by atoms with Crippen LogP contribution in [0.1, 0.15) is 114 Å². The summed E-state index contributed by atoms with van der Waals surface area (Å²) in [5, 5.41) is 12.1. The first-order valence-electron chi connectivity index (χ1n) is 18.0. The van der Waals surface area contributed by atoms with E-state index in [4.69, 9.17) is 19.2 Å². The number of esters is 2. The first-order chi connectivity index (χ1) is 23.4. The highest BCUT2D eigenvalue weighted by Gasteiger charge is 2.40. The summed E-state index contributed by atoms with van der Waals surface area (Å²) in [6.07, 6.45) is 6.79. The van der Waals surface area contributed by atoms with Crippen molar-refractivity contribution < 1.29 is 28.9 Å². The van der Waals surface area contributed by atoms with E-state index < -0.39 is 11.2 Å². The number of hydrogen-bond acceptors (Lipinski definition) is 9. The van der Waals surface area contributed by atoms with Crippen LogP contribution >= 0.6 is 22.7 Å². The van der Waals surface area contributed by atoms with Crippen LogP contribution in [-0.2, 0) is 35.0 Å². The Hall–Kier alpha value is -2.85. The molecule has 0 radical (unpaired) electrons. The topological polar surface area (TPSA) is 95.0 Å². The van der Waals surface area contributed by atoms with E-state index in [-0.39, 0.29) is 36.0 Å². The number of methoxy groups -OCH3 is 1. The molecular formula is C40H51NO6S2. The molecule has 2 aliphatic rings. The predicted octanol–water partition coefficient (Wildman–Crippen LogP) is 9.89. The molecule has 2 aliphatic carbocycles. The summed E-state index contributed by atoms with van der Waals surface area (Å²) in [4.78, 5) is 33.7. The van der Waals surface area contributed by atoms with Crippen LogP contribution in [0, 0.1) is 25.7 Å². The number of thiazole rings is 1. The molecule has 1 N–H and O–H groups in total. The third kappa shape index (κ3) is 7.19. The molecule has 2 aromatic heterocycles. The summed E-state index contributed by atoms with van der Waals surface area (Å²) in [6.45, 7) is 12.4. The molecule has 9 heteroatoms. The van der Waals surface area contributed by atoms with Crippen molar-refractivity contribution in [1.29, 1.82) is 0 Å². The van der Waals surface area contributed by atoms with Gasteiger partial charge in [0.05, 0.1) is 39.1 Å². The fourth-order valence-corrected chi connectivity index (χ4v) is 10.0. The summed E-state index contributed by atoms with van der Waals surface area (Å²) in [5.41, 5.74) is 3.27. The molecule has 6 rings (SSSR count). The zero-order valence-electron chi connectivity index (χ0n) is 30.0. The molecule has 0 aliphatic heterocycles. The van der Waals surface area contributed by atoms with Crippen molar-refractivity contribution in [3.05, 3.63) is 52.6 Å². The van der Waals surface area contributed by atoms with Crippen LogP contribution in [0.3, 0.4) is 0 Å². The second-order valence-corrected chi connectivity index (χ2v) is 16.7. The van der Waals surface area contributed by atoms with Crippen molar-refractivity contribution >= 4 is 54.9 Å². The number of aromatic nitrogens is 1. The number of fused-ring (bicyclic) bond motifs is 2. The Bertz CT molecular complexity index is 1830. The molecule has 0 amide bonds. The third-order valence-electron chi connectivity index (χ3n) is 11.2. The molecule has 2 heterocycles. The Labute approximate surface area is 298 Å². The maximum atomic E-state index is 13.7.